The maximum absolute atomic E-state index is 10.1. The van der Waals surface area contributed by atoms with Crippen LogP contribution in [0.25, 0.3) is 11.6 Å². The summed E-state index contributed by atoms with van der Waals surface area (Å²) in [7, 11) is 1.42. The van der Waals surface area contributed by atoms with E-state index in [1.54, 1.807) is 30.3 Å². The second-order valence-corrected chi connectivity index (χ2v) is 10.6. The Morgan fingerprint density at radius 1 is 0.780 bits per heavy atom. The van der Waals surface area contributed by atoms with Crippen molar-refractivity contribution in [2.24, 2.45) is 0 Å². The maximum Gasteiger partial charge on any atom is 0.410 e. The predicted molar refractivity (Wildman–Crippen MR) is 148 cm³/mol. The van der Waals surface area contributed by atoms with Gasteiger partial charge < -0.3 is 44.5 Å². The fourth-order valence-electron chi connectivity index (χ4n) is 3.32. The van der Waals surface area contributed by atoms with Gasteiger partial charge in [0.15, 0.2) is 23.1 Å². The van der Waals surface area contributed by atoms with Crippen LogP contribution in [-0.2, 0) is 5.41 Å². The Hall–Kier alpha value is -4.05. The van der Waals surface area contributed by atoms with Gasteiger partial charge in [-0.05, 0) is 53.3 Å². The number of rotatable bonds is 10. The molecule has 0 radical (unpaired) electrons. The normalized spacial score (nSPS) is 12.1. The van der Waals surface area contributed by atoms with Gasteiger partial charge in [-0.3, -0.25) is 0 Å². The smallest absolute Gasteiger partial charge is 0.410 e. The van der Waals surface area contributed by atoms with Crippen LogP contribution >= 0.6 is 11.9 Å². The summed E-state index contributed by atoms with van der Waals surface area (Å²) in [6.45, 7) is 6.31. The minimum Gasteiger partial charge on any atom is -0.493 e. The lowest BCUT2D eigenvalue weighted by Gasteiger charge is -2.29. The summed E-state index contributed by atoms with van der Waals surface area (Å²) < 4.78 is 19.4. The molecule has 14 heteroatoms. The third-order valence-corrected chi connectivity index (χ3v) is 6.35. The highest BCUT2D eigenvalue weighted by atomic mass is 32.2. The second kappa shape index (κ2) is 11.8. The molecular weight excluding hydrogens is 554 g/mol. The molecule has 0 unspecified atom stereocenters. The molecule has 0 fully saturated rings. The molecule has 4 rings (SSSR count). The molecule has 0 bridgehead atoms. The van der Waals surface area contributed by atoms with E-state index in [0.29, 0.717) is 5.75 Å². The SMILES string of the molecule is COc1ccccc1Oc1c(NSc2ccc(C(C)(C)C)cc2)nc(-c2ncccn2)nc1OC(O)(O)C(O)(O)O. The lowest BCUT2D eigenvalue weighted by molar-refractivity contribution is -0.502. The number of hydrogen-bond acceptors (Lipinski definition) is 14. The highest BCUT2D eigenvalue weighted by molar-refractivity contribution is 8.00. The number of hydrogen-bond donors (Lipinski definition) is 6. The van der Waals surface area contributed by atoms with Crippen molar-refractivity contribution in [3.8, 4) is 34.8 Å². The van der Waals surface area contributed by atoms with E-state index in [0.717, 1.165) is 22.4 Å². The van der Waals surface area contributed by atoms with E-state index in [1.165, 1.54) is 19.5 Å². The number of benzene rings is 2. The molecule has 0 spiro atoms. The fourth-order valence-corrected chi connectivity index (χ4v) is 3.95. The van der Waals surface area contributed by atoms with E-state index in [-0.39, 0.29) is 34.4 Å². The van der Waals surface area contributed by atoms with Crippen LogP contribution in [0.3, 0.4) is 0 Å². The van der Waals surface area contributed by atoms with Crippen LogP contribution in [0.2, 0.25) is 0 Å². The van der Waals surface area contributed by atoms with E-state index in [1.807, 2.05) is 24.3 Å². The minimum atomic E-state index is -4.11. The van der Waals surface area contributed by atoms with Gasteiger partial charge in [0.25, 0.3) is 5.88 Å². The molecule has 2 aromatic heterocycles. The Morgan fingerprint density at radius 2 is 1.41 bits per heavy atom. The van der Waals surface area contributed by atoms with E-state index in [4.69, 9.17) is 14.2 Å². The fraction of sp³-hybridized carbons (Fsp3) is 0.259. The summed E-state index contributed by atoms with van der Waals surface area (Å²) in [4.78, 5) is 17.6. The third kappa shape index (κ3) is 7.18. The van der Waals surface area contributed by atoms with Gasteiger partial charge >= 0.3 is 11.9 Å². The number of anilines is 1. The van der Waals surface area contributed by atoms with Gasteiger partial charge in [0, 0.05) is 17.3 Å². The predicted octanol–water partition coefficient (Wildman–Crippen LogP) is 2.80. The van der Waals surface area contributed by atoms with Gasteiger partial charge in [-0.15, -0.1) is 0 Å². The second-order valence-electron chi connectivity index (χ2n) is 9.68. The molecule has 13 nitrogen and oxygen atoms in total. The van der Waals surface area contributed by atoms with Crippen LogP contribution in [-0.4, -0.2) is 64.5 Å². The van der Waals surface area contributed by atoms with Crippen LogP contribution in [0, 0.1) is 0 Å². The molecule has 0 aliphatic carbocycles. The minimum absolute atomic E-state index is 0.0218. The van der Waals surface area contributed by atoms with Gasteiger partial charge in [0.1, 0.15) is 0 Å². The number of para-hydroxylation sites is 2. The van der Waals surface area contributed by atoms with E-state index in [2.05, 4.69) is 45.4 Å². The summed E-state index contributed by atoms with van der Waals surface area (Å²) >= 11 is 1.14. The Bertz CT molecular complexity index is 1480. The Labute approximate surface area is 239 Å². The summed E-state index contributed by atoms with van der Waals surface area (Å²) in [5.74, 6) is -8.85. The van der Waals surface area contributed by atoms with Crippen molar-refractivity contribution in [2.75, 3.05) is 11.8 Å². The molecule has 2 heterocycles. The summed E-state index contributed by atoms with van der Waals surface area (Å²) in [5.41, 5.74) is 1.09. The Morgan fingerprint density at radius 3 is 2.00 bits per heavy atom. The average molecular weight is 584 g/mol. The van der Waals surface area contributed by atoms with E-state index < -0.39 is 17.8 Å². The standard InChI is InChI=1S/C27H29N5O8S/c1-25(2,3)16-10-12-17(13-11-16)41-32-21-20(39-19-9-6-5-8-18(19)38-4)24(40-27(36,37)26(33,34)35)31-23(30-21)22-28-14-7-15-29-22/h5-15,33-37H,1-4H3,(H,30,31,32). The molecule has 0 aliphatic rings. The molecule has 41 heavy (non-hydrogen) atoms. The Kier molecular flexibility index (Phi) is 8.63. The quantitative estimate of drug-likeness (QED) is 0.118. The zero-order valence-electron chi connectivity index (χ0n) is 22.5. The summed E-state index contributed by atoms with van der Waals surface area (Å²) in [6, 6.07) is 15.9. The van der Waals surface area contributed by atoms with Gasteiger partial charge in [0.2, 0.25) is 11.6 Å². The number of aromatic nitrogens is 4. The van der Waals surface area contributed by atoms with E-state index >= 15 is 0 Å². The third-order valence-electron chi connectivity index (χ3n) is 5.54. The van der Waals surface area contributed by atoms with Gasteiger partial charge in [-0.25, -0.2) is 15.0 Å². The highest BCUT2D eigenvalue weighted by Gasteiger charge is 2.51. The zero-order chi connectivity index (χ0) is 29.8. The molecule has 0 atom stereocenters. The molecule has 6 N–H and O–H groups in total. The van der Waals surface area contributed by atoms with Crippen molar-refractivity contribution in [2.45, 2.75) is 43.0 Å². The van der Waals surface area contributed by atoms with Gasteiger partial charge in [-0.1, -0.05) is 45.0 Å². The van der Waals surface area contributed by atoms with Crippen LogP contribution < -0.4 is 18.9 Å². The number of ether oxygens (including phenoxy) is 3. The van der Waals surface area contributed by atoms with E-state index in [9.17, 15) is 25.5 Å². The first-order valence-electron chi connectivity index (χ1n) is 12.1. The number of nitrogens with one attached hydrogen (secondary N) is 1. The first-order chi connectivity index (χ1) is 19.3. The van der Waals surface area contributed by atoms with Crippen molar-refractivity contribution in [3.63, 3.8) is 0 Å². The van der Waals surface area contributed by atoms with Crippen LogP contribution in [0.5, 0.6) is 23.1 Å². The number of methoxy groups -OCH3 is 1. The maximum atomic E-state index is 10.1. The molecule has 0 aliphatic heterocycles. The first-order valence-corrected chi connectivity index (χ1v) is 12.9. The van der Waals surface area contributed by atoms with Crippen molar-refractivity contribution in [3.05, 3.63) is 72.6 Å². The summed E-state index contributed by atoms with van der Waals surface area (Å²) in [5, 5.41) is 48.7. The van der Waals surface area contributed by atoms with Crippen molar-refractivity contribution in [1.29, 1.82) is 0 Å². The topological polar surface area (TPSA) is 192 Å². The number of nitrogens with zero attached hydrogens (tertiary/aromatic N) is 4. The molecular formula is C27H29N5O8S. The molecule has 2 aromatic carbocycles. The average Bonchev–Trinajstić information content (AvgIpc) is 2.92. The Balaban J connectivity index is 1.83. The molecule has 216 valence electrons. The van der Waals surface area contributed by atoms with Crippen LogP contribution in [0.1, 0.15) is 26.3 Å². The first kappa shape index (κ1) is 29.9. The highest BCUT2D eigenvalue weighted by Crippen LogP contribution is 2.43. The van der Waals surface area contributed by atoms with Gasteiger partial charge in [0.05, 0.1) is 7.11 Å². The lowest BCUT2D eigenvalue weighted by atomic mass is 9.87. The van der Waals surface area contributed by atoms with Crippen LogP contribution in [0.4, 0.5) is 5.82 Å². The number of aliphatic hydroxyl groups is 5. The molecule has 0 amide bonds. The van der Waals surface area contributed by atoms with Gasteiger partial charge in [-0.2, -0.15) is 4.98 Å². The largest absolute Gasteiger partial charge is 0.493 e. The van der Waals surface area contributed by atoms with Crippen LogP contribution in [0.15, 0.2) is 71.9 Å². The zero-order valence-corrected chi connectivity index (χ0v) is 23.3. The van der Waals surface area contributed by atoms with Crippen molar-refractivity contribution >= 4 is 17.8 Å². The molecule has 4 aromatic rings. The monoisotopic (exact) mass is 583 g/mol. The summed E-state index contributed by atoms with van der Waals surface area (Å²) in [6.07, 6.45) is 2.87. The molecule has 0 saturated carbocycles. The van der Waals surface area contributed by atoms with Crippen molar-refractivity contribution in [1.82, 2.24) is 19.9 Å². The molecule has 0 saturated heterocycles. The van der Waals surface area contributed by atoms with Crippen molar-refractivity contribution < 1.29 is 39.7 Å². The lowest BCUT2D eigenvalue weighted by Crippen LogP contribution is -2.58.